The largest absolute Gasteiger partial charge is 0.381 e. The van der Waals surface area contributed by atoms with Crippen LogP contribution in [0.2, 0.25) is 0 Å². The number of likely N-dealkylation sites (N-methyl/N-ethyl adjacent to an activating group) is 1. The first kappa shape index (κ1) is 14.5. The summed E-state index contributed by atoms with van der Waals surface area (Å²) in [4.78, 5) is 13.6. The number of nitrogens with zero attached hydrogens (tertiary/aromatic N) is 1. The van der Waals surface area contributed by atoms with E-state index in [-0.39, 0.29) is 5.91 Å². The molecule has 0 spiro atoms. The fourth-order valence-electron chi connectivity index (χ4n) is 2.11. The number of carbonyl (C=O) groups is 1. The van der Waals surface area contributed by atoms with E-state index in [9.17, 15) is 4.79 Å². The van der Waals surface area contributed by atoms with Crippen molar-refractivity contribution in [2.75, 3.05) is 33.4 Å². The maximum absolute atomic E-state index is 11.8. The minimum atomic E-state index is 0.188. The molecule has 0 aromatic rings. The molecule has 1 atom stereocenters. The summed E-state index contributed by atoms with van der Waals surface area (Å²) >= 11 is 0. The fraction of sp³-hybridized carbons (Fsp3) is 0.923. The molecule has 1 heterocycles. The van der Waals surface area contributed by atoms with Gasteiger partial charge in [0.05, 0.1) is 13.0 Å². The highest BCUT2D eigenvalue weighted by molar-refractivity contribution is 5.75. The second-order valence-electron chi connectivity index (χ2n) is 4.78. The topological polar surface area (TPSA) is 41.6 Å². The summed E-state index contributed by atoms with van der Waals surface area (Å²) in [7, 11) is 1.89. The number of amides is 1. The summed E-state index contributed by atoms with van der Waals surface area (Å²) in [6.07, 6.45) is 5.24. The van der Waals surface area contributed by atoms with Crippen molar-refractivity contribution in [2.24, 2.45) is 0 Å². The SMILES string of the molecule is CCCOCCC(=O)N(C)CC1CCCCN1. The summed E-state index contributed by atoms with van der Waals surface area (Å²) in [6.45, 7) is 5.29. The highest BCUT2D eigenvalue weighted by atomic mass is 16.5. The van der Waals surface area contributed by atoms with Gasteiger partial charge in [-0.15, -0.1) is 0 Å². The van der Waals surface area contributed by atoms with E-state index >= 15 is 0 Å². The number of rotatable bonds is 7. The van der Waals surface area contributed by atoms with Crippen LogP contribution < -0.4 is 5.32 Å². The molecule has 0 radical (unpaired) electrons. The predicted octanol–water partition coefficient (Wildman–Crippen LogP) is 1.40. The second kappa shape index (κ2) is 8.48. The molecular weight excluding hydrogens is 216 g/mol. The van der Waals surface area contributed by atoms with Gasteiger partial charge >= 0.3 is 0 Å². The van der Waals surface area contributed by atoms with E-state index in [1.165, 1.54) is 19.3 Å². The molecular formula is C13H26N2O2. The van der Waals surface area contributed by atoms with Crippen molar-refractivity contribution in [1.82, 2.24) is 10.2 Å². The van der Waals surface area contributed by atoms with Gasteiger partial charge in [0.2, 0.25) is 5.91 Å². The van der Waals surface area contributed by atoms with Gasteiger partial charge in [-0.3, -0.25) is 4.79 Å². The van der Waals surface area contributed by atoms with Crippen molar-refractivity contribution in [2.45, 2.75) is 45.1 Å². The van der Waals surface area contributed by atoms with Crippen LogP contribution in [0.3, 0.4) is 0 Å². The van der Waals surface area contributed by atoms with Crippen LogP contribution in [0.25, 0.3) is 0 Å². The van der Waals surface area contributed by atoms with E-state index in [0.29, 0.717) is 19.1 Å². The lowest BCUT2D eigenvalue weighted by atomic mass is 10.0. The van der Waals surface area contributed by atoms with Gasteiger partial charge in [-0.05, 0) is 25.8 Å². The summed E-state index contributed by atoms with van der Waals surface area (Å²) in [5.74, 6) is 0.188. The van der Waals surface area contributed by atoms with Crippen LogP contribution in [0.5, 0.6) is 0 Å². The molecule has 4 nitrogen and oxygen atoms in total. The average molecular weight is 242 g/mol. The van der Waals surface area contributed by atoms with Gasteiger partial charge in [0.25, 0.3) is 0 Å². The van der Waals surface area contributed by atoms with E-state index in [0.717, 1.165) is 26.1 Å². The monoisotopic (exact) mass is 242 g/mol. The van der Waals surface area contributed by atoms with E-state index in [2.05, 4.69) is 12.2 Å². The number of carbonyl (C=O) groups excluding carboxylic acids is 1. The Hall–Kier alpha value is -0.610. The Kier molecular flexibility index (Phi) is 7.21. The molecule has 1 aliphatic heterocycles. The van der Waals surface area contributed by atoms with Crippen molar-refractivity contribution >= 4 is 5.91 Å². The van der Waals surface area contributed by atoms with Gasteiger partial charge in [0.1, 0.15) is 0 Å². The average Bonchev–Trinajstić information content (AvgIpc) is 2.35. The number of hydrogen-bond acceptors (Lipinski definition) is 3. The smallest absolute Gasteiger partial charge is 0.224 e. The molecule has 100 valence electrons. The van der Waals surface area contributed by atoms with Gasteiger partial charge in [0.15, 0.2) is 0 Å². The number of piperidine rings is 1. The Labute approximate surface area is 105 Å². The van der Waals surface area contributed by atoms with E-state index in [4.69, 9.17) is 4.74 Å². The molecule has 1 aliphatic rings. The molecule has 0 aromatic carbocycles. The number of hydrogen-bond donors (Lipinski definition) is 1. The third-order valence-electron chi connectivity index (χ3n) is 3.14. The van der Waals surface area contributed by atoms with Crippen LogP contribution >= 0.6 is 0 Å². The molecule has 0 saturated carbocycles. The first-order valence-corrected chi connectivity index (χ1v) is 6.79. The number of nitrogens with one attached hydrogen (secondary N) is 1. The Morgan fingerprint density at radius 2 is 2.24 bits per heavy atom. The first-order valence-electron chi connectivity index (χ1n) is 6.79. The van der Waals surface area contributed by atoms with Crippen molar-refractivity contribution in [1.29, 1.82) is 0 Å². The summed E-state index contributed by atoms with van der Waals surface area (Å²) in [5.41, 5.74) is 0. The molecule has 17 heavy (non-hydrogen) atoms. The third kappa shape index (κ3) is 6.03. The van der Waals surface area contributed by atoms with Crippen molar-refractivity contribution in [3.05, 3.63) is 0 Å². The molecule has 0 aliphatic carbocycles. The van der Waals surface area contributed by atoms with Crippen molar-refractivity contribution < 1.29 is 9.53 Å². The molecule has 0 aromatic heterocycles. The molecule has 1 rings (SSSR count). The van der Waals surface area contributed by atoms with Crippen LogP contribution in [0, 0.1) is 0 Å². The lowest BCUT2D eigenvalue weighted by Gasteiger charge is -2.28. The highest BCUT2D eigenvalue weighted by Crippen LogP contribution is 2.08. The molecule has 0 bridgehead atoms. The fourth-order valence-corrected chi connectivity index (χ4v) is 2.11. The Morgan fingerprint density at radius 3 is 2.88 bits per heavy atom. The standard InChI is InChI=1S/C13H26N2O2/c1-3-9-17-10-7-13(16)15(2)11-12-6-4-5-8-14-12/h12,14H,3-11H2,1-2H3. The van der Waals surface area contributed by atoms with Crippen LogP contribution in [0.15, 0.2) is 0 Å². The summed E-state index contributed by atoms with van der Waals surface area (Å²) in [5, 5.41) is 3.46. The Balaban J connectivity index is 2.12. The lowest BCUT2D eigenvalue weighted by molar-refractivity contribution is -0.131. The van der Waals surface area contributed by atoms with Gasteiger partial charge in [-0.1, -0.05) is 13.3 Å². The highest BCUT2D eigenvalue weighted by Gasteiger charge is 2.17. The van der Waals surface area contributed by atoms with Crippen LogP contribution in [0.4, 0.5) is 0 Å². The zero-order chi connectivity index (χ0) is 12.5. The van der Waals surface area contributed by atoms with Crippen molar-refractivity contribution in [3.8, 4) is 0 Å². The zero-order valence-corrected chi connectivity index (χ0v) is 11.2. The molecule has 1 N–H and O–H groups in total. The lowest BCUT2D eigenvalue weighted by Crippen LogP contribution is -2.44. The molecule has 1 saturated heterocycles. The van der Waals surface area contributed by atoms with Gasteiger partial charge in [-0.2, -0.15) is 0 Å². The molecule has 1 fully saturated rings. The van der Waals surface area contributed by atoms with E-state index in [1.54, 1.807) is 0 Å². The van der Waals surface area contributed by atoms with E-state index < -0.39 is 0 Å². The summed E-state index contributed by atoms with van der Waals surface area (Å²) < 4.78 is 5.33. The van der Waals surface area contributed by atoms with E-state index in [1.807, 2.05) is 11.9 Å². The third-order valence-corrected chi connectivity index (χ3v) is 3.14. The van der Waals surface area contributed by atoms with Gasteiger partial charge < -0.3 is 15.0 Å². The molecule has 1 unspecified atom stereocenters. The minimum absolute atomic E-state index is 0.188. The minimum Gasteiger partial charge on any atom is -0.381 e. The van der Waals surface area contributed by atoms with Crippen LogP contribution in [-0.4, -0.2) is 50.2 Å². The first-order chi connectivity index (χ1) is 8.24. The summed E-state index contributed by atoms with van der Waals surface area (Å²) in [6, 6.07) is 0.481. The zero-order valence-electron chi connectivity index (χ0n) is 11.2. The molecule has 1 amide bonds. The maximum Gasteiger partial charge on any atom is 0.224 e. The van der Waals surface area contributed by atoms with Gasteiger partial charge in [0, 0.05) is 26.2 Å². The Bertz CT molecular complexity index is 215. The Morgan fingerprint density at radius 1 is 1.41 bits per heavy atom. The second-order valence-corrected chi connectivity index (χ2v) is 4.78. The van der Waals surface area contributed by atoms with Crippen LogP contribution in [-0.2, 0) is 9.53 Å². The molecule has 4 heteroatoms. The number of ether oxygens (including phenoxy) is 1. The van der Waals surface area contributed by atoms with Crippen molar-refractivity contribution in [3.63, 3.8) is 0 Å². The normalized spacial score (nSPS) is 20.2. The maximum atomic E-state index is 11.8. The van der Waals surface area contributed by atoms with Crippen LogP contribution in [0.1, 0.15) is 39.0 Å². The quantitative estimate of drug-likeness (QED) is 0.686. The van der Waals surface area contributed by atoms with Gasteiger partial charge in [-0.25, -0.2) is 0 Å². The predicted molar refractivity (Wildman–Crippen MR) is 69.0 cm³/mol.